The van der Waals surface area contributed by atoms with Gasteiger partial charge in [-0.1, -0.05) is 11.6 Å². The van der Waals surface area contributed by atoms with Crippen LogP contribution in [0.2, 0.25) is 5.02 Å². The van der Waals surface area contributed by atoms with Gasteiger partial charge in [-0.15, -0.1) is 0 Å². The average molecular weight is 497 g/mol. The van der Waals surface area contributed by atoms with Gasteiger partial charge in [0.2, 0.25) is 5.95 Å². The molecular formula is C26H29ClN4O4. The number of nitrogens with one attached hydrogen (secondary N) is 1. The summed E-state index contributed by atoms with van der Waals surface area (Å²) in [5.41, 5.74) is 3.29. The Morgan fingerprint density at radius 2 is 1.74 bits per heavy atom. The minimum atomic E-state index is 0.395. The first-order valence-corrected chi connectivity index (χ1v) is 12.1. The minimum Gasteiger partial charge on any atom is -0.496 e. The van der Waals surface area contributed by atoms with Crippen molar-refractivity contribution in [2.45, 2.75) is 18.8 Å². The van der Waals surface area contributed by atoms with Crippen LogP contribution in [0.25, 0.3) is 11.3 Å². The smallest absolute Gasteiger partial charge is 0.227 e. The average Bonchev–Trinajstić information content (AvgIpc) is 2.89. The van der Waals surface area contributed by atoms with Crippen LogP contribution in [-0.2, 0) is 0 Å². The number of ether oxygens (including phenoxy) is 4. The Kier molecular flexibility index (Phi) is 6.83. The van der Waals surface area contributed by atoms with Crippen molar-refractivity contribution in [3.63, 3.8) is 0 Å². The van der Waals surface area contributed by atoms with Crippen molar-refractivity contribution in [2.75, 3.05) is 52.9 Å². The Balaban J connectivity index is 1.45. The predicted molar refractivity (Wildman–Crippen MR) is 136 cm³/mol. The number of hydrogen-bond acceptors (Lipinski definition) is 8. The number of fused-ring (bicyclic) bond motifs is 1. The van der Waals surface area contributed by atoms with Crippen LogP contribution < -0.4 is 24.3 Å². The molecule has 3 heterocycles. The van der Waals surface area contributed by atoms with Gasteiger partial charge in [0, 0.05) is 17.2 Å². The summed E-state index contributed by atoms with van der Waals surface area (Å²) < 4.78 is 22.8. The van der Waals surface area contributed by atoms with E-state index in [4.69, 9.17) is 30.5 Å². The second-order valence-electron chi connectivity index (χ2n) is 8.75. The Morgan fingerprint density at radius 1 is 1.00 bits per heavy atom. The van der Waals surface area contributed by atoms with Crippen molar-refractivity contribution in [3.05, 3.63) is 47.1 Å². The number of piperidine rings is 1. The van der Waals surface area contributed by atoms with Gasteiger partial charge in [0.05, 0.1) is 36.8 Å². The summed E-state index contributed by atoms with van der Waals surface area (Å²) in [6, 6.07) is 9.67. The molecule has 1 saturated heterocycles. The first-order chi connectivity index (χ1) is 17.1. The lowest BCUT2D eigenvalue weighted by molar-refractivity contribution is 0.171. The summed E-state index contributed by atoms with van der Waals surface area (Å²) in [6.07, 6.45) is 3.75. The highest BCUT2D eigenvalue weighted by Gasteiger charge is 2.24. The molecule has 0 spiro atoms. The van der Waals surface area contributed by atoms with Crippen LogP contribution in [0.4, 0.5) is 11.6 Å². The molecule has 2 aromatic carbocycles. The number of nitrogens with zero attached hydrogens (tertiary/aromatic N) is 3. The molecule has 1 aromatic heterocycles. The molecule has 0 radical (unpaired) electrons. The Bertz CT molecular complexity index is 1210. The number of benzene rings is 2. The molecule has 9 heteroatoms. The van der Waals surface area contributed by atoms with Gasteiger partial charge in [-0.05, 0) is 63.2 Å². The Morgan fingerprint density at radius 3 is 2.49 bits per heavy atom. The normalized spacial score (nSPS) is 16.1. The largest absolute Gasteiger partial charge is 0.496 e. The molecule has 0 atom stereocenters. The van der Waals surface area contributed by atoms with Crippen molar-refractivity contribution in [2.24, 2.45) is 0 Å². The van der Waals surface area contributed by atoms with Gasteiger partial charge in [-0.3, -0.25) is 0 Å². The number of halogens is 1. The van der Waals surface area contributed by atoms with E-state index in [0.29, 0.717) is 53.0 Å². The second kappa shape index (κ2) is 10.2. The lowest BCUT2D eigenvalue weighted by Gasteiger charge is -2.30. The number of rotatable bonds is 6. The highest BCUT2D eigenvalue weighted by atomic mass is 35.5. The molecular weight excluding hydrogens is 468 g/mol. The van der Waals surface area contributed by atoms with Crippen LogP contribution >= 0.6 is 11.6 Å². The molecule has 1 fully saturated rings. The van der Waals surface area contributed by atoms with Crippen molar-refractivity contribution < 1.29 is 18.9 Å². The summed E-state index contributed by atoms with van der Waals surface area (Å²) in [5.74, 6) is 3.74. The van der Waals surface area contributed by atoms with E-state index in [9.17, 15) is 0 Å². The van der Waals surface area contributed by atoms with Gasteiger partial charge in [0.25, 0.3) is 0 Å². The van der Waals surface area contributed by atoms with Gasteiger partial charge in [0.1, 0.15) is 24.7 Å². The van der Waals surface area contributed by atoms with Gasteiger partial charge in [-0.25, -0.2) is 9.97 Å². The van der Waals surface area contributed by atoms with E-state index >= 15 is 0 Å². The van der Waals surface area contributed by atoms with Crippen LogP contribution in [0, 0.1) is 0 Å². The van der Waals surface area contributed by atoms with Crippen LogP contribution in [0.1, 0.15) is 24.3 Å². The lowest BCUT2D eigenvalue weighted by Crippen LogP contribution is -2.29. The standard InChI is InChI=1S/C26H29ClN4O4/c1-31-8-6-16(7-9-31)18-13-23(33-3)20(14-22(18)32-2)29-26-28-15-19(27)25(30-26)17-4-5-21-24(12-17)35-11-10-34-21/h4-5,12-16H,6-11H2,1-3H3,(H,28,29,30). The van der Waals surface area contributed by atoms with Gasteiger partial charge < -0.3 is 29.2 Å². The molecule has 2 aliphatic heterocycles. The predicted octanol–water partition coefficient (Wildman–Crippen LogP) is 5.14. The highest BCUT2D eigenvalue weighted by Crippen LogP contribution is 2.41. The molecule has 2 aliphatic rings. The number of anilines is 2. The van der Waals surface area contributed by atoms with Gasteiger partial charge in [0.15, 0.2) is 11.5 Å². The molecule has 0 unspecified atom stereocenters. The molecule has 184 valence electrons. The number of likely N-dealkylation sites (tertiary alicyclic amines) is 1. The summed E-state index contributed by atoms with van der Waals surface area (Å²) in [4.78, 5) is 11.4. The quantitative estimate of drug-likeness (QED) is 0.502. The van der Waals surface area contributed by atoms with E-state index in [1.165, 1.54) is 0 Å². The van der Waals surface area contributed by atoms with E-state index < -0.39 is 0 Å². The number of methoxy groups -OCH3 is 2. The zero-order valence-electron chi connectivity index (χ0n) is 20.1. The van der Waals surface area contributed by atoms with E-state index in [-0.39, 0.29) is 0 Å². The van der Waals surface area contributed by atoms with E-state index in [1.54, 1.807) is 20.4 Å². The van der Waals surface area contributed by atoms with Gasteiger partial charge >= 0.3 is 0 Å². The lowest BCUT2D eigenvalue weighted by atomic mass is 9.88. The van der Waals surface area contributed by atoms with Crippen LogP contribution in [-0.4, -0.2) is 62.4 Å². The summed E-state index contributed by atoms with van der Waals surface area (Å²) in [7, 11) is 5.52. The van der Waals surface area contributed by atoms with Crippen molar-refractivity contribution in [1.29, 1.82) is 0 Å². The van der Waals surface area contributed by atoms with Crippen LogP contribution in [0.15, 0.2) is 36.5 Å². The van der Waals surface area contributed by atoms with Crippen molar-refractivity contribution >= 4 is 23.2 Å². The summed E-state index contributed by atoms with van der Waals surface area (Å²) in [5, 5.41) is 3.72. The fourth-order valence-electron chi connectivity index (χ4n) is 4.60. The maximum absolute atomic E-state index is 6.47. The molecule has 3 aromatic rings. The molecule has 5 rings (SSSR count). The van der Waals surface area contributed by atoms with E-state index in [1.807, 2.05) is 24.3 Å². The Labute approximate surface area is 210 Å². The number of hydrogen-bond donors (Lipinski definition) is 1. The molecule has 1 N–H and O–H groups in total. The molecule has 8 nitrogen and oxygen atoms in total. The minimum absolute atomic E-state index is 0.395. The summed E-state index contributed by atoms with van der Waals surface area (Å²) >= 11 is 6.47. The SMILES string of the molecule is COc1cc(C2CCN(C)CC2)c(OC)cc1Nc1ncc(Cl)c(-c2ccc3c(c2)OCCO3)n1. The molecule has 0 aliphatic carbocycles. The van der Waals surface area contributed by atoms with E-state index in [0.717, 1.165) is 48.5 Å². The van der Waals surface area contributed by atoms with Crippen molar-refractivity contribution in [1.82, 2.24) is 14.9 Å². The number of aromatic nitrogens is 2. The third-order valence-corrected chi connectivity index (χ3v) is 6.79. The maximum Gasteiger partial charge on any atom is 0.227 e. The fraction of sp³-hybridized carbons (Fsp3) is 0.385. The fourth-order valence-corrected chi connectivity index (χ4v) is 4.80. The first kappa shape index (κ1) is 23.5. The van der Waals surface area contributed by atoms with Crippen LogP contribution in [0.5, 0.6) is 23.0 Å². The topological polar surface area (TPSA) is 78.0 Å². The molecule has 0 saturated carbocycles. The van der Waals surface area contributed by atoms with Crippen LogP contribution in [0.3, 0.4) is 0 Å². The molecule has 35 heavy (non-hydrogen) atoms. The third kappa shape index (κ3) is 4.94. The molecule has 0 bridgehead atoms. The first-order valence-electron chi connectivity index (χ1n) is 11.7. The maximum atomic E-state index is 6.47. The zero-order valence-corrected chi connectivity index (χ0v) is 20.9. The zero-order chi connectivity index (χ0) is 24.4. The highest BCUT2D eigenvalue weighted by molar-refractivity contribution is 6.32. The summed E-state index contributed by atoms with van der Waals surface area (Å²) in [6.45, 7) is 3.18. The van der Waals surface area contributed by atoms with Gasteiger partial charge in [-0.2, -0.15) is 0 Å². The third-order valence-electron chi connectivity index (χ3n) is 6.52. The second-order valence-corrected chi connectivity index (χ2v) is 9.15. The Hall–Kier alpha value is -3.23. The van der Waals surface area contributed by atoms with E-state index in [2.05, 4.69) is 33.3 Å². The monoisotopic (exact) mass is 496 g/mol. The van der Waals surface area contributed by atoms with Crippen molar-refractivity contribution in [3.8, 4) is 34.3 Å². The molecule has 0 amide bonds.